The van der Waals surface area contributed by atoms with Crippen LogP contribution in [0.15, 0.2) is 34.9 Å². The molecule has 3 rings (SSSR count). The molecule has 1 aromatic carbocycles. The normalized spacial score (nSPS) is 13.3. The van der Waals surface area contributed by atoms with Crippen LogP contribution in [0.5, 0.6) is 5.75 Å². The molecule has 0 spiro atoms. The third-order valence-electron chi connectivity index (χ3n) is 4.11. The molecule has 0 fully saturated rings. The van der Waals surface area contributed by atoms with E-state index in [1.807, 2.05) is 0 Å². The summed E-state index contributed by atoms with van der Waals surface area (Å²) in [5, 5.41) is 3.21. The number of hydrogen-bond acceptors (Lipinski definition) is 6. The van der Waals surface area contributed by atoms with Gasteiger partial charge in [0.25, 0.3) is 0 Å². The lowest BCUT2D eigenvalue weighted by Crippen LogP contribution is -2.13. The first-order valence-electron chi connectivity index (χ1n) is 8.80. The molecule has 0 radical (unpaired) electrons. The number of alkyl halides is 6. The van der Waals surface area contributed by atoms with E-state index in [0.29, 0.717) is 12.1 Å². The number of carbonyl (C=O) groups excluding carboxylic acids is 1. The topological polar surface area (TPSA) is 74.5 Å². The van der Waals surface area contributed by atoms with Gasteiger partial charge < -0.3 is 14.0 Å². The van der Waals surface area contributed by atoms with Gasteiger partial charge in [-0.05, 0) is 26.0 Å². The number of aromatic nitrogens is 2. The summed E-state index contributed by atoms with van der Waals surface area (Å²) in [6.45, 7) is 3.02. The van der Waals surface area contributed by atoms with E-state index >= 15 is 0 Å². The quantitative estimate of drug-likeness (QED) is 0.375. The Morgan fingerprint density at radius 2 is 1.84 bits per heavy atom. The van der Waals surface area contributed by atoms with Crippen LogP contribution in [0.1, 0.15) is 47.5 Å². The van der Waals surface area contributed by atoms with Crippen LogP contribution in [0.4, 0.5) is 26.3 Å². The number of nitrogens with zero attached hydrogens (tertiary/aromatic N) is 2. The van der Waals surface area contributed by atoms with Crippen molar-refractivity contribution in [1.29, 1.82) is 0 Å². The van der Waals surface area contributed by atoms with Crippen LogP contribution in [0, 0.1) is 0 Å². The monoisotopic (exact) mass is 448 g/mol. The van der Waals surface area contributed by atoms with Crippen LogP contribution in [0.2, 0.25) is 0 Å². The summed E-state index contributed by atoms with van der Waals surface area (Å²) < 4.78 is 95.0. The van der Waals surface area contributed by atoms with Gasteiger partial charge in [-0.1, -0.05) is 11.2 Å². The van der Waals surface area contributed by atoms with Crippen molar-refractivity contribution in [3.8, 4) is 5.75 Å². The van der Waals surface area contributed by atoms with Crippen LogP contribution in [-0.2, 0) is 17.1 Å². The predicted octanol–water partition coefficient (Wildman–Crippen LogP) is 5.58. The van der Waals surface area contributed by atoms with Crippen molar-refractivity contribution in [2.24, 2.45) is 0 Å². The summed E-state index contributed by atoms with van der Waals surface area (Å²) in [6.07, 6.45) is -11.0. The van der Waals surface area contributed by atoms with E-state index in [-0.39, 0.29) is 23.4 Å². The molecule has 2 heterocycles. The van der Waals surface area contributed by atoms with Gasteiger partial charge in [0, 0.05) is 17.5 Å². The molecule has 12 heteroatoms. The predicted molar refractivity (Wildman–Crippen MR) is 93.2 cm³/mol. The molecule has 6 nitrogen and oxygen atoms in total. The van der Waals surface area contributed by atoms with Gasteiger partial charge in [-0.2, -0.15) is 26.3 Å². The Hall–Kier alpha value is -3.31. The fraction of sp³-hybridized carbons (Fsp3) is 0.316. The molecule has 0 aliphatic rings. The third-order valence-corrected chi connectivity index (χ3v) is 4.11. The van der Waals surface area contributed by atoms with Crippen LogP contribution >= 0.6 is 0 Å². The molecule has 0 saturated carbocycles. The number of esters is 1. The number of pyridine rings is 1. The summed E-state index contributed by atoms with van der Waals surface area (Å²) >= 11 is 0. The molecule has 0 aliphatic heterocycles. The zero-order chi connectivity index (χ0) is 23.0. The fourth-order valence-corrected chi connectivity index (χ4v) is 2.72. The summed E-state index contributed by atoms with van der Waals surface area (Å²) in [5.74, 6) is -1.33. The van der Waals surface area contributed by atoms with E-state index in [0.717, 1.165) is 18.2 Å². The van der Waals surface area contributed by atoms with Crippen molar-refractivity contribution in [3.63, 3.8) is 0 Å². The number of halogens is 6. The molecule has 166 valence electrons. The Balaban J connectivity index is 2.06. The number of hydrogen-bond donors (Lipinski definition) is 0. The van der Waals surface area contributed by atoms with E-state index in [1.54, 1.807) is 6.92 Å². The van der Waals surface area contributed by atoms with Gasteiger partial charge in [-0.25, -0.2) is 9.78 Å². The zero-order valence-electron chi connectivity index (χ0n) is 16.0. The lowest BCUT2D eigenvalue weighted by molar-refractivity contribution is -0.142. The highest BCUT2D eigenvalue weighted by atomic mass is 19.4. The van der Waals surface area contributed by atoms with Crippen molar-refractivity contribution in [1.82, 2.24) is 10.1 Å². The minimum Gasteiger partial charge on any atom is -0.482 e. The molecule has 2 aromatic heterocycles. The average molecular weight is 448 g/mol. The van der Waals surface area contributed by atoms with Gasteiger partial charge in [-0.3, -0.25) is 0 Å². The molecule has 31 heavy (non-hydrogen) atoms. The second-order valence-corrected chi connectivity index (χ2v) is 6.30. The average Bonchev–Trinajstić information content (AvgIpc) is 3.16. The smallest absolute Gasteiger partial charge is 0.433 e. The van der Waals surface area contributed by atoms with Crippen molar-refractivity contribution < 1.29 is 45.1 Å². The highest BCUT2D eigenvalue weighted by Gasteiger charge is 2.38. The van der Waals surface area contributed by atoms with Crippen molar-refractivity contribution in [2.45, 2.75) is 32.3 Å². The van der Waals surface area contributed by atoms with Crippen LogP contribution in [0.25, 0.3) is 10.9 Å². The first kappa shape index (κ1) is 22.4. The third kappa shape index (κ3) is 4.72. The van der Waals surface area contributed by atoms with E-state index in [2.05, 4.69) is 10.1 Å². The van der Waals surface area contributed by atoms with Crippen molar-refractivity contribution >= 4 is 16.9 Å². The molecular formula is C19H14F6N2O4. The van der Waals surface area contributed by atoms with Gasteiger partial charge >= 0.3 is 18.3 Å². The Kier molecular flexibility index (Phi) is 5.83. The molecule has 0 N–H and O–H groups in total. The second kappa shape index (κ2) is 8.08. The van der Waals surface area contributed by atoms with Crippen LogP contribution < -0.4 is 4.74 Å². The molecule has 0 bridgehead atoms. The van der Waals surface area contributed by atoms with Gasteiger partial charge in [-0.15, -0.1) is 0 Å². The number of rotatable bonds is 5. The fourth-order valence-electron chi connectivity index (χ4n) is 2.72. The van der Waals surface area contributed by atoms with Crippen LogP contribution in [-0.4, -0.2) is 22.7 Å². The molecule has 0 aliphatic carbocycles. The summed E-state index contributed by atoms with van der Waals surface area (Å²) in [7, 11) is 0. The van der Waals surface area contributed by atoms with E-state index in [1.165, 1.54) is 6.92 Å². The maximum atomic E-state index is 13.3. The molecule has 3 aromatic rings. The van der Waals surface area contributed by atoms with Crippen molar-refractivity contribution in [2.75, 3.05) is 6.61 Å². The number of benzene rings is 1. The number of para-hydroxylation sites is 1. The van der Waals surface area contributed by atoms with Crippen LogP contribution in [0.3, 0.4) is 0 Å². The highest BCUT2D eigenvalue weighted by molar-refractivity contribution is 5.88. The number of ether oxygens (including phenoxy) is 2. The summed E-state index contributed by atoms with van der Waals surface area (Å²) in [6, 6.07) is 4.49. The second-order valence-electron chi connectivity index (χ2n) is 6.30. The SMILES string of the molecule is CCOC(=O)c1cc(C(C)Oc2cc(C(F)(F)F)nc3c(C(F)(F)F)cccc23)on1. The van der Waals surface area contributed by atoms with E-state index < -0.39 is 46.9 Å². The van der Waals surface area contributed by atoms with Gasteiger partial charge in [0.1, 0.15) is 11.4 Å². The first-order chi connectivity index (χ1) is 14.4. The maximum absolute atomic E-state index is 13.3. The minimum atomic E-state index is -5.02. The van der Waals surface area contributed by atoms with Gasteiger partial charge in [0.05, 0.1) is 17.7 Å². The Labute approximate surface area is 170 Å². The number of fused-ring (bicyclic) bond motifs is 1. The van der Waals surface area contributed by atoms with Gasteiger partial charge in [0.15, 0.2) is 17.6 Å². The van der Waals surface area contributed by atoms with Gasteiger partial charge in [0.2, 0.25) is 0 Å². The molecule has 1 atom stereocenters. The Morgan fingerprint density at radius 3 is 2.45 bits per heavy atom. The summed E-state index contributed by atoms with van der Waals surface area (Å²) in [5.41, 5.74) is -3.99. The summed E-state index contributed by atoms with van der Waals surface area (Å²) in [4.78, 5) is 14.9. The molecule has 0 saturated heterocycles. The van der Waals surface area contributed by atoms with E-state index in [4.69, 9.17) is 14.0 Å². The maximum Gasteiger partial charge on any atom is 0.433 e. The highest BCUT2D eigenvalue weighted by Crippen LogP contribution is 2.40. The van der Waals surface area contributed by atoms with E-state index in [9.17, 15) is 31.1 Å². The van der Waals surface area contributed by atoms with Crippen molar-refractivity contribution in [3.05, 3.63) is 53.0 Å². The largest absolute Gasteiger partial charge is 0.482 e. The number of carbonyl (C=O) groups is 1. The molecule has 0 amide bonds. The Bertz CT molecular complexity index is 1110. The first-order valence-corrected chi connectivity index (χ1v) is 8.80. The lowest BCUT2D eigenvalue weighted by Gasteiger charge is -2.18. The zero-order valence-corrected chi connectivity index (χ0v) is 16.0. The lowest BCUT2D eigenvalue weighted by atomic mass is 10.1. The Morgan fingerprint density at radius 1 is 1.13 bits per heavy atom. The minimum absolute atomic E-state index is 0.0476. The standard InChI is InChI=1S/C19H14F6N2O4/c1-3-29-17(28)12-7-13(31-27-12)9(2)30-14-8-15(19(23,24)25)26-16-10(14)5-4-6-11(16)18(20,21)22/h4-9H,3H2,1-2H3. The molecular weight excluding hydrogens is 434 g/mol. The molecule has 1 unspecified atom stereocenters.